The fourth-order valence-electron chi connectivity index (χ4n) is 5.04. The van der Waals surface area contributed by atoms with Crippen LogP contribution in [-0.4, -0.2) is 76.2 Å². The second kappa shape index (κ2) is 18.7. The summed E-state index contributed by atoms with van der Waals surface area (Å²) in [4.78, 5) is 47.8. The van der Waals surface area contributed by atoms with Crippen LogP contribution in [0, 0.1) is 17.8 Å². The molecular weight excluding hydrogens is 544 g/mol. The lowest BCUT2D eigenvalue weighted by molar-refractivity contribution is -0.123. The molecule has 0 aromatic heterocycles. The first kappa shape index (κ1) is 32.9. The summed E-state index contributed by atoms with van der Waals surface area (Å²) in [7, 11) is 0. The molecule has 42 heavy (non-hydrogen) atoms. The van der Waals surface area contributed by atoms with Crippen molar-refractivity contribution in [2.75, 3.05) is 46.1 Å². The molecule has 232 valence electrons. The predicted molar refractivity (Wildman–Crippen MR) is 154 cm³/mol. The third-order valence-corrected chi connectivity index (χ3v) is 7.35. The summed E-state index contributed by atoms with van der Waals surface area (Å²) in [5.74, 6) is 0.811. The van der Waals surface area contributed by atoms with Crippen LogP contribution < -0.4 is 21.7 Å². The number of carbonyl (C=O) groups is 4. The van der Waals surface area contributed by atoms with Crippen LogP contribution in [0.1, 0.15) is 44.1 Å². The predicted octanol–water partition coefficient (Wildman–Crippen LogP) is 2.41. The molecule has 1 aromatic carbocycles. The third kappa shape index (κ3) is 12.9. The first-order valence-corrected chi connectivity index (χ1v) is 14.7. The van der Waals surface area contributed by atoms with Crippen molar-refractivity contribution in [2.24, 2.45) is 23.5 Å². The number of primary amides is 1. The van der Waals surface area contributed by atoms with E-state index in [1.807, 2.05) is 30.3 Å². The smallest absolute Gasteiger partial charge is 0.408 e. The molecule has 0 bridgehead atoms. The molecule has 5 N–H and O–H groups in total. The lowest BCUT2D eigenvalue weighted by Crippen LogP contribution is -2.48. The second-order valence-corrected chi connectivity index (χ2v) is 10.4. The highest BCUT2D eigenvalue weighted by Gasteiger charge is 2.49. The standard InChI is InChI=1S/C30H44N4O8/c31-27(35)13-12-26(34-30(38)41-20-22-8-4-3-5-9-22)28(36)32-14-16-39-18-19-40-17-15-33-29(37)42-21-25-23-10-6-1-2-7-11-24(23)25/h1-5,8-9,23-26H,6-7,10-21H2,(H2,31,35)(H,32,36)(H,33,37)(H,34,38)/b2-1-/t23-,24+,25?,26?. The highest BCUT2D eigenvalue weighted by Crippen LogP contribution is 2.52. The zero-order chi connectivity index (χ0) is 30.0. The van der Waals surface area contributed by atoms with Gasteiger partial charge in [-0.25, -0.2) is 9.59 Å². The lowest BCUT2D eigenvalue weighted by atomic mass is 10.1. The van der Waals surface area contributed by atoms with E-state index in [-0.39, 0.29) is 32.6 Å². The van der Waals surface area contributed by atoms with Gasteiger partial charge < -0.3 is 40.6 Å². The van der Waals surface area contributed by atoms with Crippen molar-refractivity contribution in [3.63, 3.8) is 0 Å². The Labute approximate surface area is 247 Å². The van der Waals surface area contributed by atoms with Crippen LogP contribution in [0.5, 0.6) is 0 Å². The summed E-state index contributed by atoms with van der Waals surface area (Å²) in [6.45, 7) is 2.22. The van der Waals surface area contributed by atoms with Gasteiger partial charge in [-0.15, -0.1) is 0 Å². The number of fused-ring (bicyclic) bond motifs is 1. The molecule has 1 fully saturated rings. The van der Waals surface area contributed by atoms with Crippen LogP contribution in [0.3, 0.4) is 0 Å². The van der Waals surface area contributed by atoms with Gasteiger partial charge in [-0.2, -0.15) is 0 Å². The fraction of sp³-hybridized carbons (Fsp3) is 0.600. The van der Waals surface area contributed by atoms with E-state index in [9.17, 15) is 19.2 Å². The summed E-state index contributed by atoms with van der Waals surface area (Å²) in [6.07, 6.45) is 7.87. The molecule has 0 heterocycles. The first-order valence-electron chi connectivity index (χ1n) is 14.7. The molecule has 12 heteroatoms. The molecule has 0 saturated heterocycles. The van der Waals surface area contributed by atoms with Crippen molar-refractivity contribution < 1.29 is 38.1 Å². The average molecular weight is 589 g/mol. The van der Waals surface area contributed by atoms with E-state index in [1.54, 1.807) is 0 Å². The monoisotopic (exact) mass is 588 g/mol. The zero-order valence-electron chi connectivity index (χ0n) is 24.1. The maximum absolute atomic E-state index is 12.5. The maximum atomic E-state index is 12.5. The van der Waals surface area contributed by atoms with Crippen molar-refractivity contribution in [2.45, 2.75) is 51.2 Å². The average Bonchev–Trinajstić information content (AvgIpc) is 3.62. The number of hydrogen-bond donors (Lipinski definition) is 4. The summed E-state index contributed by atoms with van der Waals surface area (Å²) >= 11 is 0. The van der Waals surface area contributed by atoms with Gasteiger partial charge in [-0.05, 0) is 55.4 Å². The van der Waals surface area contributed by atoms with Crippen LogP contribution in [-0.2, 0) is 35.1 Å². The highest BCUT2D eigenvalue weighted by molar-refractivity contribution is 5.86. The van der Waals surface area contributed by atoms with Crippen LogP contribution >= 0.6 is 0 Å². The number of hydrogen-bond acceptors (Lipinski definition) is 8. The minimum Gasteiger partial charge on any atom is -0.449 e. The summed E-state index contributed by atoms with van der Waals surface area (Å²) in [5, 5.41) is 7.84. The van der Waals surface area contributed by atoms with Gasteiger partial charge in [0.2, 0.25) is 11.8 Å². The van der Waals surface area contributed by atoms with Gasteiger partial charge >= 0.3 is 12.2 Å². The van der Waals surface area contributed by atoms with E-state index >= 15 is 0 Å². The Morgan fingerprint density at radius 2 is 1.48 bits per heavy atom. The Morgan fingerprint density at radius 1 is 0.833 bits per heavy atom. The molecule has 2 aliphatic carbocycles. The lowest BCUT2D eigenvalue weighted by Gasteiger charge is -2.18. The third-order valence-electron chi connectivity index (χ3n) is 7.35. The van der Waals surface area contributed by atoms with Crippen molar-refractivity contribution in [3.8, 4) is 0 Å². The Bertz CT molecular complexity index is 1010. The van der Waals surface area contributed by atoms with Crippen molar-refractivity contribution in [1.29, 1.82) is 0 Å². The highest BCUT2D eigenvalue weighted by atomic mass is 16.6. The van der Waals surface area contributed by atoms with Crippen LogP contribution in [0.25, 0.3) is 0 Å². The number of carbonyl (C=O) groups excluding carboxylic acids is 4. The number of benzene rings is 1. The normalized spacial score (nSPS) is 20.5. The van der Waals surface area contributed by atoms with E-state index in [0.717, 1.165) is 18.4 Å². The van der Waals surface area contributed by atoms with Crippen LogP contribution in [0.4, 0.5) is 9.59 Å². The molecule has 0 aliphatic heterocycles. The first-order chi connectivity index (χ1) is 20.4. The van der Waals surface area contributed by atoms with Gasteiger partial charge in [0.15, 0.2) is 0 Å². The number of rotatable bonds is 18. The van der Waals surface area contributed by atoms with E-state index in [0.29, 0.717) is 50.7 Å². The van der Waals surface area contributed by atoms with Crippen LogP contribution in [0.15, 0.2) is 42.5 Å². The van der Waals surface area contributed by atoms with Gasteiger partial charge in [0.25, 0.3) is 0 Å². The number of ether oxygens (including phenoxy) is 4. The molecule has 2 unspecified atom stereocenters. The maximum Gasteiger partial charge on any atom is 0.408 e. The quantitative estimate of drug-likeness (QED) is 0.150. The van der Waals surface area contributed by atoms with Crippen LogP contribution in [0.2, 0.25) is 0 Å². The van der Waals surface area contributed by atoms with E-state index in [4.69, 9.17) is 24.7 Å². The number of allylic oxidation sites excluding steroid dienone is 2. The minimum absolute atomic E-state index is 0.0389. The van der Waals surface area contributed by atoms with E-state index in [1.165, 1.54) is 12.8 Å². The van der Waals surface area contributed by atoms with Crippen molar-refractivity contribution in [1.82, 2.24) is 16.0 Å². The Hall–Kier alpha value is -3.64. The molecule has 1 saturated carbocycles. The number of amides is 4. The van der Waals surface area contributed by atoms with Crippen molar-refractivity contribution >= 4 is 24.0 Å². The summed E-state index contributed by atoms with van der Waals surface area (Å²) in [5.41, 5.74) is 6.00. The van der Waals surface area contributed by atoms with Gasteiger partial charge in [0.1, 0.15) is 12.6 Å². The topological polar surface area (TPSA) is 167 Å². The molecular formula is C30H44N4O8. The Kier molecular flexibility index (Phi) is 14.7. The number of nitrogens with two attached hydrogens (primary N) is 1. The molecule has 4 atom stereocenters. The minimum atomic E-state index is -0.983. The molecule has 0 spiro atoms. The molecule has 1 aromatic rings. The SMILES string of the molecule is NC(=O)CCC(NC(=O)OCc1ccccc1)C(=O)NCCOCCOCCNC(=O)OCC1[C@H]2CC/C=C\CC[C@@H]12. The van der Waals surface area contributed by atoms with E-state index < -0.39 is 30.0 Å². The Morgan fingerprint density at radius 3 is 2.12 bits per heavy atom. The molecule has 2 aliphatic rings. The van der Waals surface area contributed by atoms with Gasteiger partial charge in [-0.3, -0.25) is 9.59 Å². The Balaban J connectivity index is 1.17. The second-order valence-electron chi connectivity index (χ2n) is 10.4. The number of nitrogens with one attached hydrogen (secondary N) is 3. The van der Waals surface area contributed by atoms with Gasteiger partial charge in [0.05, 0.1) is 33.0 Å². The molecule has 4 amide bonds. The molecule has 0 radical (unpaired) electrons. The summed E-state index contributed by atoms with van der Waals surface area (Å²) in [6, 6.07) is 8.13. The molecule has 12 nitrogen and oxygen atoms in total. The molecule has 3 rings (SSSR count). The fourth-order valence-corrected chi connectivity index (χ4v) is 5.04. The largest absolute Gasteiger partial charge is 0.449 e. The number of alkyl carbamates (subject to hydrolysis) is 2. The van der Waals surface area contributed by atoms with E-state index in [2.05, 4.69) is 28.1 Å². The van der Waals surface area contributed by atoms with Crippen molar-refractivity contribution in [3.05, 3.63) is 48.0 Å². The van der Waals surface area contributed by atoms with Gasteiger partial charge in [-0.1, -0.05) is 42.5 Å². The zero-order valence-corrected chi connectivity index (χ0v) is 24.1. The summed E-state index contributed by atoms with van der Waals surface area (Å²) < 4.78 is 21.5. The van der Waals surface area contributed by atoms with Gasteiger partial charge in [0, 0.05) is 19.5 Å².